The molecule has 0 atom stereocenters. The van der Waals surface area contributed by atoms with Gasteiger partial charge in [-0.1, -0.05) is 18.2 Å². The Bertz CT molecular complexity index is 447. The lowest BCUT2D eigenvalue weighted by Gasteiger charge is -2.08. The summed E-state index contributed by atoms with van der Waals surface area (Å²) in [6, 6.07) is 6.45. The van der Waals surface area contributed by atoms with Gasteiger partial charge in [-0.3, -0.25) is 4.79 Å². The number of hydrogen-bond donors (Lipinski definition) is 0. The van der Waals surface area contributed by atoms with Gasteiger partial charge in [0.1, 0.15) is 5.78 Å². The van der Waals surface area contributed by atoms with Crippen molar-refractivity contribution in [1.82, 2.24) is 0 Å². The van der Waals surface area contributed by atoms with E-state index in [0.29, 0.717) is 26.1 Å². The smallest absolute Gasteiger partial charge is 0.164 e. The summed E-state index contributed by atoms with van der Waals surface area (Å²) >= 11 is 0. The molecule has 2 aliphatic rings. The van der Waals surface area contributed by atoms with Crippen LogP contribution in [0.25, 0.3) is 0 Å². The largest absolute Gasteiger partial charge is 0.350 e. The summed E-state index contributed by atoms with van der Waals surface area (Å²) in [5, 5.41) is 0. The van der Waals surface area contributed by atoms with Crippen molar-refractivity contribution in [1.29, 1.82) is 0 Å². The summed E-state index contributed by atoms with van der Waals surface area (Å²) in [6.07, 6.45) is 4.15. The van der Waals surface area contributed by atoms with Crippen molar-refractivity contribution in [2.24, 2.45) is 0 Å². The van der Waals surface area contributed by atoms with E-state index in [4.69, 9.17) is 9.47 Å². The van der Waals surface area contributed by atoms with E-state index in [1.807, 2.05) is 0 Å². The van der Waals surface area contributed by atoms with Crippen molar-refractivity contribution < 1.29 is 14.3 Å². The normalized spacial score (nSPS) is 19.1. The predicted octanol–water partition coefficient (Wildman–Crippen LogP) is 2.05. The van der Waals surface area contributed by atoms with Crippen molar-refractivity contribution in [3.63, 3.8) is 0 Å². The summed E-state index contributed by atoms with van der Waals surface area (Å²) in [5.41, 5.74) is 4.00. The van der Waals surface area contributed by atoms with Crippen LogP contribution in [-0.4, -0.2) is 25.3 Å². The van der Waals surface area contributed by atoms with Crippen LogP contribution in [0.15, 0.2) is 18.2 Å². The van der Waals surface area contributed by atoms with E-state index in [1.54, 1.807) is 0 Å². The van der Waals surface area contributed by atoms with E-state index in [2.05, 4.69) is 18.2 Å². The number of aryl methyl sites for hydroxylation is 2. The van der Waals surface area contributed by atoms with Gasteiger partial charge in [0.15, 0.2) is 6.29 Å². The summed E-state index contributed by atoms with van der Waals surface area (Å²) in [7, 11) is 0. The van der Waals surface area contributed by atoms with E-state index in [0.717, 1.165) is 12.0 Å². The number of hydrogen-bond acceptors (Lipinski definition) is 3. The fourth-order valence-corrected chi connectivity index (χ4v) is 2.75. The maximum Gasteiger partial charge on any atom is 0.164 e. The average Bonchev–Trinajstić information content (AvgIpc) is 2.98. The topological polar surface area (TPSA) is 35.5 Å². The van der Waals surface area contributed by atoms with Gasteiger partial charge < -0.3 is 9.47 Å². The van der Waals surface area contributed by atoms with Gasteiger partial charge in [0.25, 0.3) is 0 Å². The standard InChI is InChI=1S/C15H18O3/c16-14(10-15-17-6-7-18-15)9-11-4-5-12-2-1-3-13(12)8-11/h4-5,8,15H,1-3,6-7,9-10H2. The van der Waals surface area contributed by atoms with E-state index in [1.165, 1.54) is 24.0 Å². The number of benzene rings is 1. The molecule has 0 radical (unpaired) electrons. The van der Waals surface area contributed by atoms with Crippen molar-refractivity contribution in [2.75, 3.05) is 13.2 Å². The molecule has 0 bridgehead atoms. The second-order valence-corrected chi connectivity index (χ2v) is 5.05. The molecule has 0 unspecified atom stereocenters. The quantitative estimate of drug-likeness (QED) is 0.815. The Morgan fingerprint density at radius 3 is 2.78 bits per heavy atom. The first kappa shape index (κ1) is 11.9. The molecule has 1 aliphatic heterocycles. The molecule has 1 heterocycles. The van der Waals surface area contributed by atoms with Gasteiger partial charge in [-0.15, -0.1) is 0 Å². The van der Waals surface area contributed by atoms with Crippen molar-refractivity contribution in [3.05, 3.63) is 34.9 Å². The Morgan fingerprint density at radius 2 is 1.94 bits per heavy atom. The Morgan fingerprint density at radius 1 is 1.17 bits per heavy atom. The SMILES string of the molecule is O=C(Cc1ccc2c(c1)CCC2)CC1OCCO1. The van der Waals surface area contributed by atoms with Gasteiger partial charge in [0, 0.05) is 6.42 Å². The lowest BCUT2D eigenvalue weighted by molar-refractivity contribution is -0.126. The number of ether oxygens (including phenoxy) is 2. The lowest BCUT2D eigenvalue weighted by atomic mass is 10.0. The van der Waals surface area contributed by atoms with Crippen molar-refractivity contribution in [2.45, 2.75) is 38.4 Å². The van der Waals surface area contributed by atoms with Gasteiger partial charge in [-0.05, 0) is 36.0 Å². The van der Waals surface area contributed by atoms with E-state index >= 15 is 0 Å². The third-order valence-electron chi connectivity index (χ3n) is 3.65. The van der Waals surface area contributed by atoms with Crippen LogP contribution < -0.4 is 0 Å². The molecule has 0 spiro atoms. The molecule has 0 N–H and O–H groups in total. The van der Waals surface area contributed by atoms with Crippen molar-refractivity contribution >= 4 is 5.78 Å². The maximum absolute atomic E-state index is 11.9. The van der Waals surface area contributed by atoms with Crippen LogP contribution in [0.4, 0.5) is 0 Å². The molecule has 0 aromatic heterocycles. The van der Waals surface area contributed by atoms with Crippen LogP contribution in [0.1, 0.15) is 29.5 Å². The van der Waals surface area contributed by atoms with E-state index in [9.17, 15) is 4.79 Å². The number of Topliss-reactive ketones (excluding diaryl/α,β-unsaturated/α-hetero) is 1. The third-order valence-corrected chi connectivity index (χ3v) is 3.65. The molecule has 1 aliphatic carbocycles. The minimum Gasteiger partial charge on any atom is -0.350 e. The third kappa shape index (κ3) is 2.62. The van der Waals surface area contributed by atoms with E-state index in [-0.39, 0.29) is 12.1 Å². The van der Waals surface area contributed by atoms with Gasteiger partial charge in [-0.2, -0.15) is 0 Å². The monoisotopic (exact) mass is 246 g/mol. The zero-order chi connectivity index (χ0) is 12.4. The first-order valence-electron chi connectivity index (χ1n) is 6.67. The molecular formula is C15H18O3. The minimum atomic E-state index is -0.313. The van der Waals surface area contributed by atoms with Gasteiger partial charge in [0.05, 0.1) is 19.6 Å². The average molecular weight is 246 g/mol. The molecule has 0 saturated carbocycles. The molecule has 1 aromatic rings. The summed E-state index contributed by atoms with van der Waals surface area (Å²) in [4.78, 5) is 11.9. The second kappa shape index (κ2) is 5.21. The van der Waals surface area contributed by atoms with Crippen LogP contribution >= 0.6 is 0 Å². The number of carbonyl (C=O) groups is 1. The summed E-state index contributed by atoms with van der Waals surface area (Å²) < 4.78 is 10.6. The Kier molecular flexibility index (Phi) is 3.43. The summed E-state index contributed by atoms with van der Waals surface area (Å²) in [5.74, 6) is 0.194. The highest BCUT2D eigenvalue weighted by atomic mass is 16.7. The highest BCUT2D eigenvalue weighted by Crippen LogP contribution is 2.23. The van der Waals surface area contributed by atoms with Gasteiger partial charge in [-0.25, -0.2) is 0 Å². The zero-order valence-electron chi connectivity index (χ0n) is 10.5. The van der Waals surface area contributed by atoms with Crippen molar-refractivity contribution in [3.8, 4) is 0 Å². The zero-order valence-corrected chi connectivity index (χ0v) is 10.5. The van der Waals surface area contributed by atoms with Crippen LogP contribution in [0.2, 0.25) is 0 Å². The highest BCUT2D eigenvalue weighted by Gasteiger charge is 2.20. The first-order chi connectivity index (χ1) is 8.81. The molecule has 3 rings (SSSR count). The number of rotatable bonds is 4. The highest BCUT2D eigenvalue weighted by molar-refractivity contribution is 5.81. The molecule has 1 fully saturated rings. The van der Waals surface area contributed by atoms with Crippen LogP contribution in [0, 0.1) is 0 Å². The number of carbonyl (C=O) groups excluding carboxylic acids is 1. The first-order valence-corrected chi connectivity index (χ1v) is 6.67. The fourth-order valence-electron chi connectivity index (χ4n) is 2.75. The predicted molar refractivity (Wildman–Crippen MR) is 67.5 cm³/mol. The van der Waals surface area contributed by atoms with Crippen LogP contribution in [-0.2, 0) is 33.5 Å². The number of ketones is 1. The van der Waals surface area contributed by atoms with E-state index < -0.39 is 0 Å². The summed E-state index contributed by atoms with van der Waals surface area (Å²) in [6.45, 7) is 1.22. The lowest BCUT2D eigenvalue weighted by Crippen LogP contribution is -2.15. The molecule has 0 amide bonds. The minimum absolute atomic E-state index is 0.194. The molecule has 96 valence electrons. The van der Waals surface area contributed by atoms with Crippen LogP contribution in [0.5, 0.6) is 0 Å². The molecule has 1 saturated heterocycles. The second-order valence-electron chi connectivity index (χ2n) is 5.05. The Balaban J connectivity index is 1.60. The Hall–Kier alpha value is -1.19. The maximum atomic E-state index is 11.9. The van der Waals surface area contributed by atoms with Gasteiger partial charge in [0.2, 0.25) is 0 Å². The Labute approximate surface area is 107 Å². The number of fused-ring (bicyclic) bond motifs is 1. The van der Waals surface area contributed by atoms with Gasteiger partial charge >= 0.3 is 0 Å². The molecule has 1 aromatic carbocycles. The molecular weight excluding hydrogens is 228 g/mol. The molecule has 3 heteroatoms. The fraction of sp³-hybridized carbons (Fsp3) is 0.533. The van der Waals surface area contributed by atoms with Crippen LogP contribution in [0.3, 0.4) is 0 Å². The molecule has 18 heavy (non-hydrogen) atoms. The molecule has 3 nitrogen and oxygen atoms in total.